The summed E-state index contributed by atoms with van der Waals surface area (Å²) in [6.07, 6.45) is 15.8. The first kappa shape index (κ1) is 27.5. The molecule has 1 aromatic heterocycles. The van der Waals surface area contributed by atoms with E-state index in [9.17, 15) is 0 Å². The van der Waals surface area contributed by atoms with Gasteiger partial charge in [-0.3, -0.25) is 0 Å². The average Bonchev–Trinajstić information content (AvgIpc) is 2.92. The predicted octanol–water partition coefficient (Wildman–Crippen LogP) is 11.5. The van der Waals surface area contributed by atoms with Crippen LogP contribution in [0, 0.1) is 10.5 Å². The Hall–Kier alpha value is -2.52. The maximum Gasteiger partial charge on any atom is 0.198 e. The summed E-state index contributed by atoms with van der Waals surface area (Å²) in [7, 11) is 0. The van der Waals surface area contributed by atoms with Crippen LogP contribution in [-0.2, 0) is 12.8 Å². The summed E-state index contributed by atoms with van der Waals surface area (Å²) in [5.74, 6) is -0.266. The molecule has 37 heavy (non-hydrogen) atoms. The molecule has 0 atom stereocenters. The summed E-state index contributed by atoms with van der Waals surface area (Å²) in [5.41, 5.74) is 4.65. The highest BCUT2D eigenvalue weighted by atomic mass is 32.1. The topological polar surface area (TPSA) is 13.1 Å². The van der Waals surface area contributed by atoms with Gasteiger partial charge in [0, 0.05) is 10.8 Å². The van der Waals surface area contributed by atoms with Crippen molar-refractivity contribution in [2.24, 2.45) is 0 Å². The quantitative estimate of drug-likeness (QED) is 0.0939. The Kier molecular flexibility index (Phi) is 10.3. The first-order valence-corrected chi connectivity index (χ1v) is 14.8. The van der Waals surface area contributed by atoms with Crippen molar-refractivity contribution in [2.75, 3.05) is 0 Å². The van der Waals surface area contributed by atoms with Crippen molar-refractivity contribution in [2.45, 2.75) is 97.3 Å². The minimum absolute atomic E-state index is 0.266. The molecule has 0 N–H and O–H groups in total. The van der Waals surface area contributed by atoms with E-state index in [1.807, 2.05) is 12.1 Å². The fraction of sp³-hybridized carbons (Fsp3) is 0.441. The summed E-state index contributed by atoms with van der Waals surface area (Å²) in [5, 5.41) is 2.59. The third kappa shape index (κ3) is 7.08. The fourth-order valence-corrected chi connectivity index (χ4v) is 5.52. The highest BCUT2D eigenvalue weighted by molar-refractivity contribution is 7.71. The summed E-state index contributed by atoms with van der Waals surface area (Å²) in [6.45, 7) is 4.42. The second kappa shape index (κ2) is 13.9. The zero-order valence-electron chi connectivity index (χ0n) is 22.6. The first-order valence-electron chi connectivity index (χ1n) is 14.4. The van der Waals surface area contributed by atoms with E-state index >= 15 is 4.39 Å². The molecular formula is C34H41FOS. The molecule has 0 aliphatic rings. The molecule has 3 aromatic carbocycles. The number of unbranched alkanes of at least 4 members (excludes halogenated alkanes) is 9. The van der Waals surface area contributed by atoms with Crippen molar-refractivity contribution in [1.29, 1.82) is 0 Å². The standard InChI is InChI=1S/C34H41FOS/c1-3-5-7-8-9-10-11-13-14-25-16-18-26(19-17-25)28-21-22-29-30-23-20-27(15-12-6-4-2)32(35)33(30)36-34(37)31(29)24-28/h16-24H,3-15H2,1-2H3. The molecule has 1 nitrogen and oxygen atoms in total. The Bertz CT molecular complexity index is 1350. The van der Waals surface area contributed by atoms with Crippen LogP contribution in [0.15, 0.2) is 59.0 Å². The van der Waals surface area contributed by atoms with Crippen molar-refractivity contribution in [3.05, 3.63) is 76.2 Å². The van der Waals surface area contributed by atoms with Crippen LogP contribution in [0.1, 0.15) is 95.6 Å². The molecule has 4 aromatic rings. The molecule has 0 aliphatic carbocycles. The zero-order valence-corrected chi connectivity index (χ0v) is 23.4. The molecule has 4 rings (SSSR count). The summed E-state index contributed by atoms with van der Waals surface area (Å²) < 4.78 is 21.5. The lowest BCUT2D eigenvalue weighted by Crippen LogP contribution is -1.93. The van der Waals surface area contributed by atoms with Crippen LogP contribution in [0.25, 0.3) is 32.9 Å². The zero-order chi connectivity index (χ0) is 26.0. The summed E-state index contributed by atoms with van der Waals surface area (Å²) in [4.78, 5) is 0. The van der Waals surface area contributed by atoms with Gasteiger partial charge < -0.3 is 4.42 Å². The van der Waals surface area contributed by atoms with Crippen LogP contribution in [0.5, 0.6) is 0 Å². The molecule has 0 saturated carbocycles. The molecule has 0 amide bonds. The lowest BCUT2D eigenvalue weighted by atomic mass is 9.97. The Morgan fingerprint density at radius 2 is 1.22 bits per heavy atom. The van der Waals surface area contributed by atoms with Crippen LogP contribution in [0.2, 0.25) is 0 Å². The normalized spacial score (nSPS) is 11.5. The van der Waals surface area contributed by atoms with Crippen LogP contribution in [0.4, 0.5) is 4.39 Å². The third-order valence-electron chi connectivity index (χ3n) is 7.56. The van der Waals surface area contributed by atoms with E-state index in [0.717, 1.165) is 59.4 Å². The maximum absolute atomic E-state index is 15.2. The minimum Gasteiger partial charge on any atom is -0.441 e. The van der Waals surface area contributed by atoms with Gasteiger partial charge in [0.1, 0.15) is 0 Å². The van der Waals surface area contributed by atoms with Gasteiger partial charge in [-0.1, -0.05) is 120 Å². The summed E-state index contributed by atoms with van der Waals surface area (Å²) >= 11 is 5.59. The molecule has 0 saturated heterocycles. The molecule has 3 heteroatoms. The molecule has 0 spiro atoms. The largest absolute Gasteiger partial charge is 0.441 e. The monoisotopic (exact) mass is 516 g/mol. The maximum atomic E-state index is 15.2. The van der Waals surface area contributed by atoms with Gasteiger partial charge in [-0.25, -0.2) is 4.39 Å². The molecule has 0 fully saturated rings. The number of rotatable bonds is 14. The number of hydrogen-bond acceptors (Lipinski definition) is 2. The van der Waals surface area contributed by atoms with Gasteiger partial charge in [0.05, 0.1) is 0 Å². The van der Waals surface area contributed by atoms with Crippen molar-refractivity contribution in [1.82, 2.24) is 0 Å². The Morgan fingerprint density at radius 3 is 1.95 bits per heavy atom. The average molecular weight is 517 g/mol. The van der Waals surface area contributed by atoms with Gasteiger partial charge in [0.15, 0.2) is 16.1 Å². The van der Waals surface area contributed by atoms with Gasteiger partial charge in [-0.05, 0) is 71.6 Å². The lowest BCUT2D eigenvalue weighted by Gasteiger charge is -2.10. The number of halogens is 1. The molecular weight excluding hydrogens is 475 g/mol. The lowest BCUT2D eigenvalue weighted by molar-refractivity contribution is 0.536. The van der Waals surface area contributed by atoms with Crippen LogP contribution in [0.3, 0.4) is 0 Å². The van der Waals surface area contributed by atoms with Gasteiger partial charge in [-0.15, -0.1) is 0 Å². The first-order chi connectivity index (χ1) is 18.1. The minimum atomic E-state index is -0.266. The van der Waals surface area contributed by atoms with Gasteiger partial charge in [0.25, 0.3) is 0 Å². The van der Waals surface area contributed by atoms with Crippen molar-refractivity contribution in [3.63, 3.8) is 0 Å². The van der Waals surface area contributed by atoms with Crippen molar-refractivity contribution >= 4 is 34.0 Å². The highest BCUT2D eigenvalue weighted by Crippen LogP contribution is 2.33. The molecule has 1 heterocycles. The van der Waals surface area contributed by atoms with Gasteiger partial charge in [0.2, 0.25) is 0 Å². The van der Waals surface area contributed by atoms with E-state index in [4.69, 9.17) is 16.6 Å². The number of hydrogen-bond donors (Lipinski definition) is 0. The second-order valence-electron chi connectivity index (χ2n) is 10.4. The van der Waals surface area contributed by atoms with Crippen LogP contribution in [-0.4, -0.2) is 0 Å². The number of benzene rings is 3. The van der Waals surface area contributed by atoms with Crippen molar-refractivity contribution in [3.8, 4) is 11.1 Å². The Balaban J connectivity index is 1.45. The summed E-state index contributed by atoms with van der Waals surface area (Å²) in [6, 6.07) is 19.0. The Labute approximate surface area is 227 Å². The molecule has 196 valence electrons. The van der Waals surface area contributed by atoms with E-state index in [1.54, 1.807) is 0 Å². The second-order valence-corrected chi connectivity index (χ2v) is 10.8. The molecule has 0 bridgehead atoms. The third-order valence-corrected chi connectivity index (χ3v) is 7.86. The van der Waals surface area contributed by atoms with E-state index in [2.05, 4.69) is 56.3 Å². The van der Waals surface area contributed by atoms with E-state index in [0.29, 0.717) is 10.3 Å². The van der Waals surface area contributed by atoms with Gasteiger partial charge >= 0.3 is 0 Å². The van der Waals surface area contributed by atoms with Crippen LogP contribution >= 0.6 is 12.2 Å². The fourth-order valence-electron chi connectivity index (χ4n) is 5.27. The predicted molar refractivity (Wildman–Crippen MR) is 159 cm³/mol. The number of fused-ring (bicyclic) bond motifs is 3. The Morgan fingerprint density at radius 1 is 0.622 bits per heavy atom. The van der Waals surface area contributed by atoms with E-state index in [-0.39, 0.29) is 11.4 Å². The van der Waals surface area contributed by atoms with E-state index < -0.39 is 0 Å². The SMILES string of the molecule is CCCCCCCCCCc1ccc(-c2ccc3c(c2)c(=S)oc2c(F)c(CCCCC)ccc23)cc1. The molecule has 0 unspecified atom stereocenters. The van der Waals surface area contributed by atoms with Crippen LogP contribution < -0.4 is 0 Å². The van der Waals surface area contributed by atoms with Gasteiger partial charge in [-0.2, -0.15) is 0 Å². The molecule has 0 aliphatic heterocycles. The number of aryl methyl sites for hydroxylation is 2. The smallest absolute Gasteiger partial charge is 0.198 e. The van der Waals surface area contributed by atoms with Crippen molar-refractivity contribution < 1.29 is 8.81 Å². The van der Waals surface area contributed by atoms with E-state index in [1.165, 1.54) is 56.9 Å². The molecule has 0 radical (unpaired) electrons. The highest BCUT2D eigenvalue weighted by Gasteiger charge is 2.14.